The molecule has 2 fully saturated rings. The molecule has 3 heterocycles. The van der Waals surface area contributed by atoms with Crippen molar-refractivity contribution in [1.29, 1.82) is 5.41 Å². The maximum absolute atomic E-state index is 13.6. The Balaban J connectivity index is 1.79. The molecule has 0 saturated carbocycles. The molecule has 0 aromatic carbocycles. The zero-order valence-corrected chi connectivity index (χ0v) is 28.0. The molecule has 5 N–H and O–H groups in total. The first kappa shape index (κ1) is 34.1. The first-order valence-electron chi connectivity index (χ1n) is 14.2. The summed E-state index contributed by atoms with van der Waals surface area (Å²) in [6, 6.07) is 2.74. The number of rotatable bonds is 14. The molecule has 0 radical (unpaired) electrons. The number of β-lactam (4-membered cyclic amide) rings is 1. The molecule has 3 aliphatic rings. The molecule has 0 bridgehead atoms. The van der Waals surface area contributed by atoms with Crippen molar-refractivity contribution in [3.8, 4) is 0 Å². The minimum Gasteiger partial charge on any atom is -0.428 e. The molecular formula is C23H44B2N6O7P2Si. The zero-order chi connectivity index (χ0) is 30.5. The van der Waals surface area contributed by atoms with E-state index in [-0.39, 0.29) is 65.9 Å². The van der Waals surface area contributed by atoms with Gasteiger partial charge in [0.05, 0.1) is 30.1 Å². The Hall–Kier alpha value is -1.37. The fourth-order valence-corrected chi connectivity index (χ4v) is 9.76. The van der Waals surface area contributed by atoms with Gasteiger partial charge in [-0.25, -0.2) is 9.59 Å². The lowest BCUT2D eigenvalue weighted by atomic mass is 9.77. The van der Waals surface area contributed by atoms with Gasteiger partial charge in [0.1, 0.15) is 29.4 Å². The van der Waals surface area contributed by atoms with E-state index in [0.717, 1.165) is 23.7 Å². The standard InChI is InChI=1S/C23H44B2N6O7P2Si/c1-6-41(7-2,8-3)38-13(5)17-18-12(4)14(19(31(18)21(17)33)22(34)36-39-28-24)9-30-10-15(16(32)11-30)20(26)27-23(35)37-40-29-25/h12-13,15-18,28-29,32,39-40H,6-11,24-25H2,1-5H3,(H2,26,27,35)/t12-,13+,15+,16+,17?,18+/m0/s1. The van der Waals surface area contributed by atoms with Gasteiger partial charge in [0.25, 0.3) is 0 Å². The molecule has 2 saturated heterocycles. The van der Waals surface area contributed by atoms with Gasteiger partial charge in [-0.05, 0) is 30.6 Å². The molecule has 0 aromatic rings. The highest BCUT2D eigenvalue weighted by Gasteiger charge is 2.61. The zero-order valence-electron chi connectivity index (χ0n) is 25.0. The number of amidine groups is 1. The lowest BCUT2D eigenvalue weighted by Crippen LogP contribution is -2.65. The second-order valence-corrected chi connectivity index (χ2v) is 17.4. The first-order valence-corrected chi connectivity index (χ1v) is 18.6. The van der Waals surface area contributed by atoms with E-state index >= 15 is 0 Å². The Kier molecular flexibility index (Phi) is 12.4. The third kappa shape index (κ3) is 7.24. The predicted octanol–water partition coefficient (Wildman–Crippen LogP) is -0.0407. The maximum Gasteiger partial charge on any atom is 0.416 e. The minimum absolute atomic E-state index is 0.124. The third-order valence-corrected chi connectivity index (χ3v) is 14.4. The van der Waals surface area contributed by atoms with Gasteiger partial charge in [-0.2, -0.15) is 0 Å². The average Bonchev–Trinajstić information content (AvgIpc) is 3.44. The molecule has 2 amide bonds. The number of nitrogens with zero attached hydrogens (tertiary/aromatic N) is 2. The number of aliphatic hydroxyl groups excluding tert-OH is 1. The van der Waals surface area contributed by atoms with E-state index in [9.17, 15) is 19.5 Å². The highest BCUT2D eigenvalue weighted by atomic mass is 31.1. The van der Waals surface area contributed by atoms with Gasteiger partial charge in [0, 0.05) is 25.6 Å². The summed E-state index contributed by atoms with van der Waals surface area (Å²) in [6.45, 7) is 11.4. The van der Waals surface area contributed by atoms with E-state index in [1.54, 1.807) is 20.9 Å². The summed E-state index contributed by atoms with van der Waals surface area (Å²) in [6.07, 6.45) is -1.91. The monoisotopic (exact) mass is 628 g/mol. The van der Waals surface area contributed by atoms with Crippen LogP contribution in [0.3, 0.4) is 0 Å². The van der Waals surface area contributed by atoms with Crippen LogP contribution in [0, 0.1) is 23.2 Å². The highest BCUT2D eigenvalue weighted by Crippen LogP contribution is 2.49. The quantitative estimate of drug-likeness (QED) is 0.0580. The van der Waals surface area contributed by atoms with Gasteiger partial charge in [0.2, 0.25) is 5.91 Å². The van der Waals surface area contributed by atoms with Crippen LogP contribution in [0.25, 0.3) is 0 Å². The normalized spacial score (nSPS) is 27.5. The van der Waals surface area contributed by atoms with E-state index in [1.807, 2.05) is 18.7 Å². The molecule has 0 aromatic heterocycles. The SMILES string of the molecule is BNPOC(=O)NC(=N)[C@@H]1CN(CC2=C(C(=O)OPNB)N3C(=O)C([C@@H](C)O[Si](CC)(CC)CC)[C@H]3[C@H]2C)C[C@H]1O. The van der Waals surface area contributed by atoms with Crippen molar-refractivity contribution in [2.75, 3.05) is 19.6 Å². The number of nitrogens with one attached hydrogen (secondary N) is 4. The Morgan fingerprint density at radius 3 is 2.34 bits per heavy atom. The summed E-state index contributed by atoms with van der Waals surface area (Å²) in [5.41, 5.74) is 1.04. The van der Waals surface area contributed by atoms with Crippen LogP contribution in [-0.4, -0.2) is 101 Å². The predicted molar refractivity (Wildman–Crippen MR) is 167 cm³/mol. The smallest absolute Gasteiger partial charge is 0.416 e. The minimum atomic E-state index is -1.95. The number of carbonyl (C=O) groups is 3. The summed E-state index contributed by atoms with van der Waals surface area (Å²) in [4.78, 5) is 47.8. The van der Waals surface area contributed by atoms with E-state index in [0.29, 0.717) is 13.1 Å². The lowest BCUT2D eigenvalue weighted by molar-refractivity contribution is -0.161. The van der Waals surface area contributed by atoms with E-state index in [2.05, 4.69) is 36.1 Å². The molecule has 3 aliphatic heterocycles. The number of hydrogen-bond acceptors (Lipinski definition) is 11. The van der Waals surface area contributed by atoms with Crippen molar-refractivity contribution >= 4 is 66.0 Å². The Labute approximate surface area is 249 Å². The van der Waals surface area contributed by atoms with Crippen LogP contribution in [0.1, 0.15) is 34.6 Å². The second kappa shape index (κ2) is 14.9. The van der Waals surface area contributed by atoms with Gasteiger partial charge in [-0.15, -0.1) is 0 Å². The highest BCUT2D eigenvalue weighted by molar-refractivity contribution is 7.32. The topological polar surface area (TPSA) is 166 Å². The molecular weight excluding hydrogens is 584 g/mol. The second-order valence-electron chi connectivity index (χ2n) is 10.8. The van der Waals surface area contributed by atoms with Crippen LogP contribution in [0.15, 0.2) is 11.3 Å². The summed E-state index contributed by atoms with van der Waals surface area (Å²) < 4.78 is 17.0. The summed E-state index contributed by atoms with van der Waals surface area (Å²) >= 11 is 0. The molecule has 13 nitrogen and oxygen atoms in total. The first-order chi connectivity index (χ1) is 19.5. The number of hydrogen-bond donors (Lipinski definition) is 5. The largest absolute Gasteiger partial charge is 0.428 e. The van der Waals surface area contributed by atoms with Crippen LogP contribution >= 0.6 is 17.9 Å². The molecule has 0 aliphatic carbocycles. The number of β-amino-alcohol motifs (C(OH)–C–C–N with tert-alkyl or cyclic N) is 1. The molecule has 0 spiro atoms. The molecule has 228 valence electrons. The summed E-state index contributed by atoms with van der Waals surface area (Å²) in [5.74, 6) is -1.92. The molecule has 41 heavy (non-hydrogen) atoms. The van der Waals surface area contributed by atoms with E-state index < -0.39 is 32.4 Å². The van der Waals surface area contributed by atoms with Gasteiger partial charge < -0.3 is 33.5 Å². The van der Waals surface area contributed by atoms with Gasteiger partial charge in [0.15, 0.2) is 24.3 Å². The molecule has 18 heteroatoms. The van der Waals surface area contributed by atoms with E-state index in [1.165, 1.54) is 0 Å². The summed E-state index contributed by atoms with van der Waals surface area (Å²) in [5, 5.41) is 21.4. The Morgan fingerprint density at radius 2 is 1.76 bits per heavy atom. The molecule has 3 unspecified atom stereocenters. The number of likely N-dealkylation sites (tertiary alicyclic amines) is 1. The maximum atomic E-state index is 13.6. The third-order valence-electron chi connectivity index (χ3n) is 8.72. The summed E-state index contributed by atoms with van der Waals surface area (Å²) in [7, 11) is 0.873. The van der Waals surface area contributed by atoms with Crippen LogP contribution in [0.5, 0.6) is 0 Å². The van der Waals surface area contributed by atoms with Gasteiger partial charge in [-0.3, -0.25) is 20.4 Å². The Morgan fingerprint density at radius 1 is 1.15 bits per heavy atom. The number of carbonyl (C=O) groups excluding carboxylic acids is 3. The fraction of sp³-hybridized carbons (Fsp3) is 0.739. The van der Waals surface area contributed by atoms with E-state index in [4.69, 9.17) is 18.9 Å². The van der Waals surface area contributed by atoms with Gasteiger partial charge >= 0.3 is 12.1 Å². The van der Waals surface area contributed by atoms with Crippen molar-refractivity contribution in [3.63, 3.8) is 0 Å². The number of amides is 2. The van der Waals surface area contributed by atoms with Crippen molar-refractivity contribution in [3.05, 3.63) is 11.3 Å². The van der Waals surface area contributed by atoms with Crippen molar-refractivity contribution in [2.24, 2.45) is 17.8 Å². The van der Waals surface area contributed by atoms with Crippen LogP contribution in [0.2, 0.25) is 18.1 Å². The van der Waals surface area contributed by atoms with Crippen LogP contribution < -0.4 is 15.3 Å². The van der Waals surface area contributed by atoms with Gasteiger partial charge in [-0.1, -0.05) is 27.7 Å². The Bertz CT molecular complexity index is 1030. The fourth-order valence-electron chi connectivity index (χ4n) is 6.29. The number of aliphatic hydroxyl groups is 1. The lowest BCUT2D eigenvalue weighted by Gasteiger charge is -2.49. The molecule has 8 atom stereocenters. The van der Waals surface area contributed by atoms with Crippen LogP contribution in [0.4, 0.5) is 4.79 Å². The number of fused-ring (bicyclic) bond motifs is 1. The van der Waals surface area contributed by atoms with Crippen molar-refractivity contribution in [2.45, 2.75) is 71.0 Å². The van der Waals surface area contributed by atoms with Crippen molar-refractivity contribution < 1.29 is 33.0 Å². The average molecular weight is 628 g/mol. The van der Waals surface area contributed by atoms with Crippen molar-refractivity contribution in [1.82, 2.24) is 25.1 Å². The van der Waals surface area contributed by atoms with Crippen LogP contribution in [-0.2, 0) is 23.1 Å². The molecule has 3 rings (SSSR count).